The van der Waals surface area contributed by atoms with Gasteiger partial charge < -0.3 is 25.2 Å². The number of carbonyl (C=O) groups excluding carboxylic acids is 2. The number of aliphatic hydroxyl groups excluding tert-OH is 1. The van der Waals surface area contributed by atoms with Gasteiger partial charge in [0.05, 0.1) is 18.1 Å². The van der Waals surface area contributed by atoms with Crippen LogP contribution < -0.4 is 5.32 Å². The molecule has 2 fully saturated rings. The van der Waals surface area contributed by atoms with Gasteiger partial charge in [-0.1, -0.05) is 48.5 Å². The number of hydrogen-bond donors (Lipinski definition) is 3. The van der Waals surface area contributed by atoms with Crippen LogP contribution in [0.15, 0.2) is 48.5 Å². The number of hydrogen-bond acceptors (Lipinski definition) is 5. The molecule has 34 heavy (non-hydrogen) atoms. The first-order valence-electron chi connectivity index (χ1n) is 11.7. The van der Waals surface area contributed by atoms with E-state index in [1.165, 1.54) is 4.90 Å². The largest absolute Gasteiger partial charge is 0.480 e. The van der Waals surface area contributed by atoms with Crippen molar-refractivity contribution >= 4 is 18.0 Å². The Morgan fingerprint density at radius 2 is 1.65 bits per heavy atom. The first kappa shape index (κ1) is 22.4. The average Bonchev–Trinajstić information content (AvgIpc) is 3.35. The van der Waals surface area contributed by atoms with Gasteiger partial charge in [-0.05, 0) is 41.5 Å². The van der Waals surface area contributed by atoms with Crippen molar-refractivity contribution in [1.82, 2.24) is 10.2 Å². The Labute approximate surface area is 197 Å². The van der Waals surface area contributed by atoms with Crippen molar-refractivity contribution < 1.29 is 29.3 Å². The highest BCUT2D eigenvalue weighted by atomic mass is 16.5. The van der Waals surface area contributed by atoms with Gasteiger partial charge in [-0.15, -0.1) is 0 Å². The number of amides is 2. The number of likely N-dealkylation sites (tertiary alicyclic amines) is 1. The third kappa shape index (κ3) is 4.03. The molecule has 0 radical (unpaired) electrons. The number of fused-ring (bicyclic) bond motifs is 3. The van der Waals surface area contributed by atoms with Crippen LogP contribution in [0.1, 0.15) is 49.1 Å². The highest BCUT2D eigenvalue weighted by Crippen LogP contribution is 2.44. The van der Waals surface area contributed by atoms with E-state index in [0.717, 1.165) is 28.7 Å². The Balaban J connectivity index is 1.23. The standard InChI is InChI=1S/C26H28N2O6/c29-16-12-22(24(31)32)28(14-16)23(30)13-26(10-5-11-26)27-25(33)34-15-21-19-8-3-1-6-17(19)18-7-2-4-9-20(18)21/h1-4,6-9,16,21-22,29H,5,10-15H2,(H,27,33)(H,31,32)/t16?,22-/m0/s1. The number of β-amino-alcohol motifs (C(OH)–C–C–N with tert-alkyl or cyclic N) is 1. The van der Waals surface area contributed by atoms with E-state index in [4.69, 9.17) is 4.74 Å². The Kier molecular flexibility index (Phi) is 5.77. The topological polar surface area (TPSA) is 116 Å². The number of carboxylic acids is 1. The molecule has 2 aliphatic carbocycles. The van der Waals surface area contributed by atoms with Gasteiger partial charge in [-0.2, -0.15) is 0 Å². The second-order valence-electron chi connectivity index (χ2n) is 9.55. The molecule has 2 atom stereocenters. The molecule has 2 aromatic rings. The Morgan fingerprint density at radius 3 is 2.21 bits per heavy atom. The van der Waals surface area contributed by atoms with Crippen molar-refractivity contribution in [1.29, 1.82) is 0 Å². The number of benzene rings is 2. The molecular formula is C26H28N2O6. The second-order valence-corrected chi connectivity index (χ2v) is 9.55. The number of aliphatic hydroxyl groups is 1. The molecule has 3 aliphatic rings. The van der Waals surface area contributed by atoms with Crippen LogP contribution in [0.3, 0.4) is 0 Å². The highest BCUT2D eigenvalue weighted by Gasteiger charge is 2.45. The summed E-state index contributed by atoms with van der Waals surface area (Å²) < 4.78 is 5.65. The van der Waals surface area contributed by atoms with Crippen LogP contribution in [-0.4, -0.2) is 63.9 Å². The molecule has 8 heteroatoms. The normalized spacial score (nSPS) is 22.4. The van der Waals surface area contributed by atoms with Gasteiger partial charge in [0.2, 0.25) is 5.91 Å². The number of ether oxygens (including phenoxy) is 1. The lowest BCUT2D eigenvalue weighted by atomic mass is 9.74. The van der Waals surface area contributed by atoms with E-state index in [0.29, 0.717) is 12.8 Å². The summed E-state index contributed by atoms with van der Waals surface area (Å²) in [6.45, 7) is 0.181. The van der Waals surface area contributed by atoms with Crippen molar-refractivity contribution in [2.75, 3.05) is 13.2 Å². The molecule has 5 rings (SSSR count). The molecule has 0 aromatic heterocycles. The maximum Gasteiger partial charge on any atom is 0.407 e. The van der Waals surface area contributed by atoms with Gasteiger partial charge in [-0.25, -0.2) is 9.59 Å². The predicted molar refractivity (Wildman–Crippen MR) is 123 cm³/mol. The molecule has 1 heterocycles. The number of alkyl carbamates (subject to hydrolysis) is 1. The van der Waals surface area contributed by atoms with E-state index >= 15 is 0 Å². The van der Waals surface area contributed by atoms with Gasteiger partial charge in [-0.3, -0.25) is 4.79 Å². The molecule has 1 saturated heterocycles. The van der Waals surface area contributed by atoms with Crippen molar-refractivity contribution in [2.45, 2.75) is 55.7 Å². The zero-order valence-electron chi connectivity index (χ0n) is 18.8. The lowest BCUT2D eigenvalue weighted by molar-refractivity contribution is -0.149. The zero-order chi connectivity index (χ0) is 23.9. The minimum Gasteiger partial charge on any atom is -0.480 e. The van der Waals surface area contributed by atoms with Crippen LogP contribution >= 0.6 is 0 Å². The van der Waals surface area contributed by atoms with E-state index in [-0.39, 0.29) is 37.8 Å². The average molecular weight is 465 g/mol. The van der Waals surface area contributed by atoms with Crippen LogP contribution in [0, 0.1) is 0 Å². The van der Waals surface area contributed by atoms with E-state index in [9.17, 15) is 24.6 Å². The van der Waals surface area contributed by atoms with E-state index in [1.807, 2.05) is 24.3 Å². The van der Waals surface area contributed by atoms with E-state index in [1.54, 1.807) is 0 Å². The summed E-state index contributed by atoms with van der Waals surface area (Å²) in [6.07, 6.45) is 0.695. The van der Waals surface area contributed by atoms with Gasteiger partial charge >= 0.3 is 12.1 Å². The maximum absolute atomic E-state index is 12.9. The monoisotopic (exact) mass is 464 g/mol. The Hall–Kier alpha value is -3.39. The van der Waals surface area contributed by atoms with Crippen molar-refractivity contribution in [3.05, 3.63) is 59.7 Å². The van der Waals surface area contributed by atoms with Gasteiger partial charge in [0, 0.05) is 18.9 Å². The Bertz CT molecular complexity index is 1080. The summed E-state index contributed by atoms with van der Waals surface area (Å²) in [5.41, 5.74) is 3.80. The first-order chi connectivity index (χ1) is 16.4. The van der Waals surface area contributed by atoms with Gasteiger partial charge in [0.15, 0.2) is 0 Å². The highest BCUT2D eigenvalue weighted by molar-refractivity contribution is 5.86. The number of carbonyl (C=O) groups is 3. The molecule has 1 aliphatic heterocycles. The molecule has 0 spiro atoms. The molecule has 178 valence electrons. The molecule has 0 bridgehead atoms. The second kappa shape index (κ2) is 8.76. The van der Waals surface area contributed by atoms with Crippen LogP contribution in [0.4, 0.5) is 4.79 Å². The molecule has 1 saturated carbocycles. The fourth-order valence-electron chi connectivity index (χ4n) is 5.52. The van der Waals surface area contributed by atoms with Crippen molar-refractivity contribution in [3.8, 4) is 11.1 Å². The van der Waals surface area contributed by atoms with Crippen LogP contribution in [-0.2, 0) is 14.3 Å². The summed E-state index contributed by atoms with van der Waals surface area (Å²) >= 11 is 0. The van der Waals surface area contributed by atoms with Crippen molar-refractivity contribution in [3.63, 3.8) is 0 Å². The number of nitrogens with one attached hydrogen (secondary N) is 1. The lowest BCUT2D eigenvalue weighted by Gasteiger charge is -2.42. The summed E-state index contributed by atoms with van der Waals surface area (Å²) in [4.78, 5) is 38.4. The SMILES string of the molecule is O=C(NC1(CC(=O)N2CC(O)C[C@H]2C(=O)O)CCC1)OCC1c2ccccc2-c2ccccc21. The quantitative estimate of drug-likeness (QED) is 0.605. The summed E-state index contributed by atoms with van der Waals surface area (Å²) in [5, 5.41) is 22.1. The number of rotatable bonds is 6. The first-order valence-corrected chi connectivity index (χ1v) is 11.7. The lowest BCUT2D eigenvalue weighted by Crippen LogP contribution is -2.57. The zero-order valence-corrected chi connectivity index (χ0v) is 18.8. The van der Waals surface area contributed by atoms with Gasteiger partial charge in [0.25, 0.3) is 0 Å². The third-order valence-corrected chi connectivity index (χ3v) is 7.40. The summed E-state index contributed by atoms with van der Waals surface area (Å²) in [7, 11) is 0. The number of aliphatic carboxylic acids is 1. The van der Waals surface area contributed by atoms with E-state index < -0.39 is 29.7 Å². The molecule has 3 N–H and O–H groups in total. The maximum atomic E-state index is 12.9. The molecular weight excluding hydrogens is 436 g/mol. The molecule has 2 aromatic carbocycles. The number of carboxylic acid groups (broad SMARTS) is 1. The third-order valence-electron chi connectivity index (χ3n) is 7.40. The minimum absolute atomic E-state index is 0.00315. The predicted octanol–water partition coefficient (Wildman–Crippen LogP) is 2.88. The van der Waals surface area contributed by atoms with Crippen LogP contribution in [0.5, 0.6) is 0 Å². The molecule has 1 unspecified atom stereocenters. The van der Waals surface area contributed by atoms with Crippen LogP contribution in [0.25, 0.3) is 11.1 Å². The van der Waals surface area contributed by atoms with E-state index in [2.05, 4.69) is 29.6 Å². The molecule has 2 amide bonds. The van der Waals surface area contributed by atoms with Crippen molar-refractivity contribution in [2.24, 2.45) is 0 Å². The smallest absolute Gasteiger partial charge is 0.407 e. The van der Waals surface area contributed by atoms with Gasteiger partial charge in [0.1, 0.15) is 12.6 Å². The summed E-state index contributed by atoms with van der Waals surface area (Å²) in [6, 6.07) is 15.2. The van der Waals surface area contributed by atoms with Crippen LogP contribution in [0.2, 0.25) is 0 Å². The summed E-state index contributed by atoms with van der Waals surface area (Å²) in [5.74, 6) is -1.56. The fraction of sp³-hybridized carbons (Fsp3) is 0.423. The number of nitrogens with zero attached hydrogens (tertiary/aromatic N) is 1. The Morgan fingerprint density at radius 1 is 1.03 bits per heavy atom. The minimum atomic E-state index is -1.13. The fourth-order valence-corrected chi connectivity index (χ4v) is 5.52. The molecule has 8 nitrogen and oxygen atoms in total.